The summed E-state index contributed by atoms with van der Waals surface area (Å²) >= 11 is 0. The van der Waals surface area contributed by atoms with Gasteiger partial charge in [-0.25, -0.2) is 0 Å². The van der Waals surface area contributed by atoms with Gasteiger partial charge in [0.1, 0.15) is 0 Å². The van der Waals surface area contributed by atoms with E-state index in [1.165, 1.54) is 43.6 Å². The molecule has 0 saturated heterocycles. The summed E-state index contributed by atoms with van der Waals surface area (Å²) in [5.41, 5.74) is 1.38. The van der Waals surface area contributed by atoms with E-state index in [9.17, 15) is 0 Å². The van der Waals surface area contributed by atoms with Gasteiger partial charge in [-0.15, -0.1) is 0 Å². The smallest absolute Gasteiger partial charge is 0.0240 e. The number of unbranched alkanes of at least 4 members (excludes halogenated alkanes) is 2. The summed E-state index contributed by atoms with van der Waals surface area (Å²) in [5, 5.41) is 1.61. The molecule has 0 N–H and O–H groups in total. The van der Waals surface area contributed by atoms with Crippen LogP contribution >= 0.6 is 7.92 Å². The Balaban J connectivity index is 2.62. The van der Waals surface area contributed by atoms with E-state index in [1.54, 1.807) is 5.30 Å². The molecule has 1 heteroatoms. The molecule has 1 rings (SSSR count). The molecule has 0 aliphatic carbocycles. The first-order chi connectivity index (χ1) is 7.77. The molecule has 0 bridgehead atoms. The summed E-state index contributed by atoms with van der Waals surface area (Å²) in [5.74, 6) is 0. The van der Waals surface area contributed by atoms with Crippen LogP contribution in [0.4, 0.5) is 0 Å². The van der Waals surface area contributed by atoms with Gasteiger partial charge in [-0.3, -0.25) is 0 Å². The first-order valence-corrected chi connectivity index (χ1v) is 8.30. The summed E-state index contributed by atoms with van der Waals surface area (Å²) in [6.45, 7) is 6.76. The summed E-state index contributed by atoms with van der Waals surface area (Å²) in [4.78, 5) is 0. The summed E-state index contributed by atoms with van der Waals surface area (Å²) < 4.78 is 0. The van der Waals surface area contributed by atoms with Crippen molar-refractivity contribution in [3.05, 3.63) is 29.8 Å². The molecule has 0 aliphatic heterocycles. The summed E-state index contributed by atoms with van der Waals surface area (Å²) in [6, 6.07) is 9.24. The molecule has 0 fully saturated rings. The lowest BCUT2D eigenvalue weighted by Gasteiger charge is -2.17. The first kappa shape index (κ1) is 13.7. The van der Waals surface area contributed by atoms with E-state index in [-0.39, 0.29) is 7.92 Å². The van der Waals surface area contributed by atoms with Gasteiger partial charge in [-0.2, -0.15) is 0 Å². The van der Waals surface area contributed by atoms with Crippen molar-refractivity contribution in [1.82, 2.24) is 0 Å². The molecular formula is C15H25P. The minimum Gasteiger partial charge on any atom is -0.0753 e. The Morgan fingerprint density at radius 3 is 1.81 bits per heavy atom. The molecule has 1 aromatic rings. The fourth-order valence-electron chi connectivity index (χ4n) is 1.82. The third-order valence-corrected chi connectivity index (χ3v) is 5.70. The van der Waals surface area contributed by atoms with Crippen molar-refractivity contribution in [2.75, 3.05) is 12.3 Å². The van der Waals surface area contributed by atoms with Gasteiger partial charge in [0.2, 0.25) is 0 Å². The van der Waals surface area contributed by atoms with E-state index in [4.69, 9.17) is 0 Å². The molecule has 0 spiro atoms. The van der Waals surface area contributed by atoms with Gasteiger partial charge in [-0.05, 0) is 37.4 Å². The number of benzene rings is 1. The van der Waals surface area contributed by atoms with Crippen LogP contribution in [0.1, 0.15) is 45.1 Å². The predicted molar refractivity (Wildman–Crippen MR) is 77.3 cm³/mol. The predicted octanol–water partition coefficient (Wildman–Crippen LogP) is 4.70. The molecule has 90 valence electrons. The van der Waals surface area contributed by atoms with Gasteiger partial charge in [0, 0.05) is 0 Å². The number of hydrogen-bond donors (Lipinski definition) is 0. The maximum absolute atomic E-state index is 2.35. The molecule has 0 heterocycles. The molecule has 0 aromatic heterocycles. The molecule has 0 atom stereocenters. The summed E-state index contributed by atoms with van der Waals surface area (Å²) in [6.07, 6.45) is 8.30. The van der Waals surface area contributed by atoms with Crippen LogP contribution in [0.5, 0.6) is 0 Å². The Morgan fingerprint density at radius 2 is 1.38 bits per heavy atom. The highest BCUT2D eigenvalue weighted by Gasteiger charge is 2.09. The quantitative estimate of drug-likeness (QED) is 0.602. The second-order valence-electron chi connectivity index (χ2n) is 4.53. The minimum absolute atomic E-state index is 0.120. The van der Waals surface area contributed by atoms with Crippen molar-refractivity contribution in [3.8, 4) is 0 Å². The number of hydrogen-bond acceptors (Lipinski definition) is 0. The molecule has 16 heavy (non-hydrogen) atoms. The maximum Gasteiger partial charge on any atom is -0.0240 e. The topological polar surface area (TPSA) is 0 Å². The molecule has 0 saturated carbocycles. The number of aryl methyl sites for hydroxylation is 1. The fourth-order valence-corrected chi connectivity index (χ4v) is 4.53. The lowest BCUT2D eigenvalue weighted by atomic mass is 10.2. The standard InChI is InChI=1S/C15H25P/c1-4-6-12-16(13-7-5-2)15-10-8-14(3)9-11-15/h8-11H,4-7,12-13H2,1-3H3. The lowest BCUT2D eigenvalue weighted by molar-refractivity contribution is 0.870. The molecule has 1 aromatic carbocycles. The third-order valence-electron chi connectivity index (χ3n) is 2.96. The van der Waals surface area contributed by atoms with Crippen molar-refractivity contribution in [1.29, 1.82) is 0 Å². The second-order valence-corrected chi connectivity index (χ2v) is 7.02. The van der Waals surface area contributed by atoms with Gasteiger partial charge < -0.3 is 0 Å². The number of rotatable bonds is 7. The average molecular weight is 236 g/mol. The molecular weight excluding hydrogens is 211 g/mol. The van der Waals surface area contributed by atoms with E-state index in [1.807, 2.05) is 0 Å². The monoisotopic (exact) mass is 236 g/mol. The van der Waals surface area contributed by atoms with E-state index in [2.05, 4.69) is 45.0 Å². The minimum atomic E-state index is 0.120. The second kappa shape index (κ2) is 7.85. The molecule has 0 amide bonds. The first-order valence-electron chi connectivity index (χ1n) is 6.59. The average Bonchev–Trinajstić information content (AvgIpc) is 2.31. The third kappa shape index (κ3) is 4.66. The summed E-state index contributed by atoms with van der Waals surface area (Å²) in [7, 11) is 0.120. The zero-order valence-corrected chi connectivity index (χ0v) is 11.9. The zero-order valence-electron chi connectivity index (χ0n) is 11.0. The van der Waals surface area contributed by atoms with Crippen LogP contribution in [0.3, 0.4) is 0 Å². The maximum atomic E-state index is 2.35. The Hall–Kier alpha value is -0.350. The largest absolute Gasteiger partial charge is 0.0753 e. The van der Waals surface area contributed by atoms with Gasteiger partial charge in [0.25, 0.3) is 0 Å². The highest BCUT2D eigenvalue weighted by molar-refractivity contribution is 7.65. The van der Waals surface area contributed by atoms with E-state index in [0.29, 0.717) is 0 Å². The highest BCUT2D eigenvalue weighted by Crippen LogP contribution is 2.36. The van der Waals surface area contributed by atoms with Crippen LogP contribution in [-0.2, 0) is 0 Å². The van der Waals surface area contributed by atoms with Gasteiger partial charge in [-0.1, -0.05) is 64.4 Å². The molecule has 0 nitrogen and oxygen atoms in total. The van der Waals surface area contributed by atoms with Gasteiger partial charge >= 0.3 is 0 Å². The Labute approximate surface area is 102 Å². The highest BCUT2D eigenvalue weighted by atomic mass is 31.1. The van der Waals surface area contributed by atoms with Crippen LogP contribution in [0.15, 0.2) is 24.3 Å². The van der Waals surface area contributed by atoms with Crippen molar-refractivity contribution < 1.29 is 0 Å². The van der Waals surface area contributed by atoms with Crippen molar-refractivity contribution >= 4 is 13.2 Å². The fraction of sp³-hybridized carbons (Fsp3) is 0.600. The molecule has 0 aliphatic rings. The van der Waals surface area contributed by atoms with E-state index >= 15 is 0 Å². The normalized spacial score (nSPS) is 11.0. The molecule has 0 radical (unpaired) electrons. The van der Waals surface area contributed by atoms with Crippen molar-refractivity contribution in [2.24, 2.45) is 0 Å². The Kier molecular flexibility index (Phi) is 6.73. The zero-order chi connectivity index (χ0) is 11.8. The van der Waals surface area contributed by atoms with Crippen molar-refractivity contribution in [2.45, 2.75) is 46.5 Å². The lowest BCUT2D eigenvalue weighted by Crippen LogP contribution is -2.06. The molecule has 0 unspecified atom stereocenters. The van der Waals surface area contributed by atoms with E-state index in [0.717, 1.165) is 0 Å². The Bertz CT molecular complexity index is 268. The van der Waals surface area contributed by atoms with Crippen molar-refractivity contribution in [3.63, 3.8) is 0 Å². The van der Waals surface area contributed by atoms with E-state index < -0.39 is 0 Å². The Morgan fingerprint density at radius 1 is 0.875 bits per heavy atom. The van der Waals surface area contributed by atoms with Crippen LogP contribution in [0.25, 0.3) is 0 Å². The van der Waals surface area contributed by atoms with Crippen LogP contribution in [0, 0.1) is 6.92 Å². The van der Waals surface area contributed by atoms with Gasteiger partial charge in [0.15, 0.2) is 0 Å². The SMILES string of the molecule is CCCCP(CCCC)c1ccc(C)cc1. The van der Waals surface area contributed by atoms with Crippen LogP contribution in [0.2, 0.25) is 0 Å². The van der Waals surface area contributed by atoms with Crippen LogP contribution < -0.4 is 5.30 Å². The van der Waals surface area contributed by atoms with Crippen LogP contribution in [-0.4, -0.2) is 12.3 Å². The van der Waals surface area contributed by atoms with Gasteiger partial charge in [0.05, 0.1) is 0 Å².